The molecule has 3 aromatic rings. The van der Waals surface area contributed by atoms with Crippen LogP contribution in [0.4, 0.5) is 11.4 Å². The summed E-state index contributed by atoms with van der Waals surface area (Å²) in [5, 5.41) is 6.23. The van der Waals surface area contributed by atoms with Crippen molar-refractivity contribution in [3.63, 3.8) is 0 Å². The number of ether oxygens (including phenoxy) is 3. The van der Waals surface area contributed by atoms with E-state index in [1.54, 1.807) is 36.4 Å². The summed E-state index contributed by atoms with van der Waals surface area (Å²) in [6.07, 6.45) is 0.935. The summed E-state index contributed by atoms with van der Waals surface area (Å²) >= 11 is 0. The molecule has 2 aromatic carbocycles. The minimum atomic E-state index is -0.534. The first-order valence-corrected chi connectivity index (χ1v) is 9.58. The van der Waals surface area contributed by atoms with Crippen molar-refractivity contribution in [2.75, 3.05) is 31.5 Å². The number of rotatable bonds is 6. The number of carbonyl (C=O) groups excluding carboxylic acids is 2. The Bertz CT molecular complexity index is 1080. The number of hydrogen-bond donors (Lipinski definition) is 2. The number of methoxy groups -OCH3 is 2. The first-order chi connectivity index (χ1) is 14.6. The highest BCUT2D eigenvalue weighted by molar-refractivity contribution is 6.15. The smallest absolute Gasteiger partial charge is 0.293 e. The van der Waals surface area contributed by atoms with E-state index in [-0.39, 0.29) is 11.7 Å². The zero-order chi connectivity index (χ0) is 21.1. The fourth-order valence-corrected chi connectivity index (χ4v) is 3.41. The van der Waals surface area contributed by atoms with Gasteiger partial charge < -0.3 is 29.3 Å². The van der Waals surface area contributed by atoms with Crippen molar-refractivity contribution >= 4 is 34.2 Å². The van der Waals surface area contributed by atoms with Crippen molar-refractivity contribution in [2.45, 2.75) is 18.9 Å². The molecule has 1 saturated heterocycles. The Kier molecular flexibility index (Phi) is 5.58. The zero-order valence-electron chi connectivity index (χ0n) is 16.7. The molecule has 0 radical (unpaired) electrons. The molecular formula is C22H22N2O6. The number of furan rings is 1. The van der Waals surface area contributed by atoms with Gasteiger partial charge in [0.1, 0.15) is 28.9 Å². The molecule has 30 heavy (non-hydrogen) atoms. The average Bonchev–Trinajstić information content (AvgIpc) is 3.42. The lowest BCUT2D eigenvalue weighted by molar-refractivity contribution is -0.124. The molecule has 1 aliphatic rings. The van der Waals surface area contributed by atoms with Crippen LogP contribution in [0.3, 0.4) is 0 Å². The van der Waals surface area contributed by atoms with Gasteiger partial charge in [-0.15, -0.1) is 0 Å². The number of para-hydroxylation sites is 1. The second-order valence-electron chi connectivity index (χ2n) is 6.81. The van der Waals surface area contributed by atoms with Crippen molar-refractivity contribution in [3.8, 4) is 11.5 Å². The van der Waals surface area contributed by atoms with Gasteiger partial charge in [-0.2, -0.15) is 0 Å². The molecule has 2 N–H and O–H groups in total. The van der Waals surface area contributed by atoms with E-state index in [1.165, 1.54) is 14.2 Å². The van der Waals surface area contributed by atoms with Gasteiger partial charge in [-0.05, 0) is 37.1 Å². The summed E-state index contributed by atoms with van der Waals surface area (Å²) in [4.78, 5) is 25.7. The number of carbonyl (C=O) groups is 2. The van der Waals surface area contributed by atoms with Crippen LogP contribution in [0.5, 0.6) is 11.5 Å². The molecule has 1 fully saturated rings. The largest absolute Gasteiger partial charge is 0.497 e. The molecule has 0 spiro atoms. The van der Waals surface area contributed by atoms with Gasteiger partial charge >= 0.3 is 0 Å². The maximum absolute atomic E-state index is 13.1. The maximum atomic E-state index is 13.1. The second-order valence-corrected chi connectivity index (χ2v) is 6.81. The van der Waals surface area contributed by atoms with E-state index in [0.717, 1.165) is 6.42 Å². The first kappa shape index (κ1) is 19.8. The highest BCUT2D eigenvalue weighted by atomic mass is 16.5. The van der Waals surface area contributed by atoms with Gasteiger partial charge in [0.25, 0.3) is 11.8 Å². The molecule has 1 aromatic heterocycles. The van der Waals surface area contributed by atoms with Crippen molar-refractivity contribution in [1.29, 1.82) is 0 Å². The molecular weight excluding hydrogens is 388 g/mol. The standard InChI is InChI=1S/C22H22N2O6/c1-27-13-9-10-17(28-2)15(12-13)23-22(26)20-19(14-6-3-4-7-16(14)30-20)24-21(25)18-8-5-11-29-18/h3-4,6-7,9-10,12,18H,5,8,11H2,1-2H3,(H,23,26)(H,24,25)/t18-/m0/s1. The highest BCUT2D eigenvalue weighted by Gasteiger charge is 2.28. The molecule has 0 saturated carbocycles. The third-order valence-corrected chi connectivity index (χ3v) is 4.93. The minimum Gasteiger partial charge on any atom is -0.497 e. The number of benzene rings is 2. The Balaban J connectivity index is 1.68. The summed E-state index contributed by atoms with van der Waals surface area (Å²) < 4.78 is 21.8. The maximum Gasteiger partial charge on any atom is 0.293 e. The first-order valence-electron chi connectivity index (χ1n) is 9.58. The number of nitrogens with one attached hydrogen (secondary N) is 2. The van der Waals surface area contributed by atoms with E-state index in [0.29, 0.717) is 46.9 Å². The Labute approximate surface area is 173 Å². The van der Waals surface area contributed by atoms with Crippen LogP contribution in [0.25, 0.3) is 11.0 Å². The molecule has 4 rings (SSSR count). The van der Waals surface area contributed by atoms with Crippen LogP contribution < -0.4 is 20.1 Å². The van der Waals surface area contributed by atoms with E-state index >= 15 is 0 Å². The van der Waals surface area contributed by atoms with E-state index in [4.69, 9.17) is 18.6 Å². The summed E-state index contributed by atoms with van der Waals surface area (Å²) in [6.45, 7) is 0.549. The van der Waals surface area contributed by atoms with Gasteiger partial charge in [-0.25, -0.2) is 0 Å². The lowest BCUT2D eigenvalue weighted by Crippen LogP contribution is -2.27. The molecule has 0 unspecified atom stereocenters. The van der Waals surface area contributed by atoms with E-state index in [1.807, 2.05) is 6.07 Å². The van der Waals surface area contributed by atoms with Crippen LogP contribution in [0, 0.1) is 0 Å². The van der Waals surface area contributed by atoms with Gasteiger partial charge in [0.15, 0.2) is 0 Å². The monoisotopic (exact) mass is 410 g/mol. The molecule has 1 aliphatic heterocycles. The zero-order valence-corrected chi connectivity index (χ0v) is 16.7. The molecule has 0 bridgehead atoms. The van der Waals surface area contributed by atoms with E-state index in [2.05, 4.69) is 10.6 Å². The number of hydrogen-bond acceptors (Lipinski definition) is 6. The Hall–Kier alpha value is -3.52. The van der Waals surface area contributed by atoms with Crippen LogP contribution in [-0.4, -0.2) is 38.7 Å². The van der Waals surface area contributed by atoms with Crippen molar-refractivity contribution in [3.05, 3.63) is 48.2 Å². The number of anilines is 2. The summed E-state index contributed by atoms with van der Waals surface area (Å²) in [6, 6.07) is 12.2. The van der Waals surface area contributed by atoms with Gasteiger partial charge in [-0.1, -0.05) is 12.1 Å². The number of fused-ring (bicyclic) bond motifs is 1. The normalized spacial score (nSPS) is 15.7. The van der Waals surface area contributed by atoms with Gasteiger partial charge in [0.2, 0.25) is 5.76 Å². The topological polar surface area (TPSA) is 99.0 Å². The SMILES string of the molecule is COc1ccc(OC)c(NC(=O)c2oc3ccccc3c2NC(=O)[C@@H]2CCCO2)c1. The van der Waals surface area contributed by atoms with Crippen LogP contribution >= 0.6 is 0 Å². The fourth-order valence-electron chi connectivity index (χ4n) is 3.41. The molecule has 8 nitrogen and oxygen atoms in total. The third kappa shape index (κ3) is 3.81. The number of amides is 2. The lowest BCUT2D eigenvalue weighted by atomic mass is 10.2. The van der Waals surface area contributed by atoms with Crippen LogP contribution in [0.1, 0.15) is 23.4 Å². The van der Waals surface area contributed by atoms with Gasteiger partial charge in [0, 0.05) is 18.1 Å². The predicted molar refractivity (Wildman–Crippen MR) is 111 cm³/mol. The Morgan fingerprint density at radius 3 is 2.63 bits per heavy atom. The van der Waals surface area contributed by atoms with Crippen molar-refractivity contribution in [1.82, 2.24) is 0 Å². The van der Waals surface area contributed by atoms with E-state index < -0.39 is 12.0 Å². The average molecular weight is 410 g/mol. The Morgan fingerprint density at radius 2 is 1.90 bits per heavy atom. The quantitative estimate of drug-likeness (QED) is 0.641. The molecule has 1 atom stereocenters. The Morgan fingerprint density at radius 1 is 1.07 bits per heavy atom. The predicted octanol–water partition coefficient (Wildman–Crippen LogP) is 3.82. The fraction of sp³-hybridized carbons (Fsp3) is 0.273. The molecule has 0 aliphatic carbocycles. The third-order valence-electron chi connectivity index (χ3n) is 4.93. The van der Waals surface area contributed by atoms with Crippen LogP contribution in [0.15, 0.2) is 46.9 Å². The minimum absolute atomic E-state index is 0.00702. The summed E-state index contributed by atoms with van der Waals surface area (Å²) in [7, 11) is 3.04. The lowest BCUT2D eigenvalue weighted by Gasteiger charge is -2.13. The molecule has 2 amide bonds. The van der Waals surface area contributed by atoms with Gasteiger partial charge in [-0.3, -0.25) is 9.59 Å². The molecule has 8 heteroatoms. The molecule has 156 valence electrons. The second kappa shape index (κ2) is 8.46. The summed E-state index contributed by atoms with van der Waals surface area (Å²) in [5.41, 5.74) is 1.21. The van der Waals surface area contributed by atoms with Gasteiger partial charge in [0.05, 0.1) is 19.9 Å². The molecule has 2 heterocycles. The highest BCUT2D eigenvalue weighted by Crippen LogP contribution is 2.34. The van der Waals surface area contributed by atoms with E-state index in [9.17, 15) is 9.59 Å². The summed E-state index contributed by atoms with van der Waals surface area (Å²) in [5.74, 6) is 0.188. The van der Waals surface area contributed by atoms with Crippen LogP contribution in [-0.2, 0) is 9.53 Å². The van der Waals surface area contributed by atoms with Crippen molar-refractivity contribution < 1.29 is 28.2 Å². The van der Waals surface area contributed by atoms with Crippen molar-refractivity contribution in [2.24, 2.45) is 0 Å². The van der Waals surface area contributed by atoms with Crippen LogP contribution in [0.2, 0.25) is 0 Å².